The van der Waals surface area contributed by atoms with Gasteiger partial charge in [-0.15, -0.1) is 0 Å². The molecular weight excluding hydrogens is 232 g/mol. The Hall–Kier alpha value is -1.06. The molecule has 2 atom stereocenters. The Morgan fingerprint density at radius 1 is 1.44 bits per heavy atom. The molecular formula is C14H24O4. The Bertz CT molecular complexity index is 320. The van der Waals surface area contributed by atoms with Gasteiger partial charge < -0.3 is 9.47 Å². The summed E-state index contributed by atoms with van der Waals surface area (Å²) in [5.41, 5.74) is -0.423. The van der Waals surface area contributed by atoms with Crippen molar-refractivity contribution in [1.29, 1.82) is 0 Å². The number of ether oxygens (including phenoxy) is 2. The van der Waals surface area contributed by atoms with Crippen molar-refractivity contribution in [1.82, 2.24) is 0 Å². The third-order valence-electron chi connectivity index (χ3n) is 3.15. The van der Waals surface area contributed by atoms with Crippen molar-refractivity contribution in [2.45, 2.75) is 53.6 Å². The predicted molar refractivity (Wildman–Crippen MR) is 67.9 cm³/mol. The number of carbonyl (C=O) groups excluding carboxylic acids is 2. The van der Waals surface area contributed by atoms with E-state index >= 15 is 0 Å². The molecule has 4 nitrogen and oxygen atoms in total. The van der Waals surface area contributed by atoms with Gasteiger partial charge in [-0.2, -0.15) is 0 Å². The molecule has 0 aromatic carbocycles. The Morgan fingerprint density at radius 3 is 2.50 bits per heavy atom. The van der Waals surface area contributed by atoms with Crippen molar-refractivity contribution < 1.29 is 19.1 Å². The van der Waals surface area contributed by atoms with Crippen molar-refractivity contribution in [2.75, 3.05) is 6.61 Å². The molecule has 0 N–H and O–H groups in total. The fraction of sp³-hybridized carbons (Fsp3) is 0.857. The number of hydrogen-bond acceptors (Lipinski definition) is 4. The van der Waals surface area contributed by atoms with Crippen LogP contribution < -0.4 is 0 Å². The number of carbonyl (C=O) groups is 2. The first-order valence-electron chi connectivity index (χ1n) is 6.58. The summed E-state index contributed by atoms with van der Waals surface area (Å²) in [7, 11) is 0. The molecule has 1 fully saturated rings. The molecule has 1 saturated heterocycles. The maximum Gasteiger partial charge on any atom is 0.348 e. The van der Waals surface area contributed by atoms with Crippen LogP contribution in [-0.4, -0.2) is 24.6 Å². The maximum absolute atomic E-state index is 11.8. The van der Waals surface area contributed by atoms with Crippen LogP contribution in [0, 0.1) is 17.3 Å². The zero-order valence-corrected chi connectivity index (χ0v) is 12.0. The number of hydrogen-bond donors (Lipinski definition) is 0. The lowest BCUT2D eigenvalue weighted by molar-refractivity contribution is -0.163. The van der Waals surface area contributed by atoms with Gasteiger partial charge in [0.25, 0.3) is 0 Å². The first-order chi connectivity index (χ1) is 8.22. The molecule has 0 saturated carbocycles. The monoisotopic (exact) mass is 256 g/mol. The van der Waals surface area contributed by atoms with Crippen LogP contribution in [0.3, 0.4) is 0 Å². The van der Waals surface area contributed by atoms with E-state index in [-0.39, 0.29) is 11.9 Å². The van der Waals surface area contributed by atoms with Crippen molar-refractivity contribution in [3.05, 3.63) is 0 Å². The van der Waals surface area contributed by atoms with E-state index in [0.29, 0.717) is 18.9 Å². The Labute approximate surface area is 109 Å². The van der Waals surface area contributed by atoms with Gasteiger partial charge >= 0.3 is 11.9 Å². The summed E-state index contributed by atoms with van der Waals surface area (Å²) in [5, 5.41) is 0. The second-order valence-electron chi connectivity index (χ2n) is 6.41. The molecule has 1 unspecified atom stereocenters. The highest BCUT2D eigenvalue weighted by atomic mass is 16.6. The fourth-order valence-corrected chi connectivity index (χ4v) is 2.29. The van der Waals surface area contributed by atoms with Crippen molar-refractivity contribution in [3.8, 4) is 0 Å². The number of cyclic esters (lactones) is 1. The highest BCUT2D eigenvalue weighted by Crippen LogP contribution is 2.31. The average Bonchev–Trinajstić information content (AvgIpc) is 2.43. The molecule has 0 amide bonds. The molecule has 0 spiro atoms. The largest absolute Gasteiger partial charge is 0.462 e. The van der Waals surface area contributed by atoms with E-state index in [9.17, 15) is 9.59 Å². The Balaban J connectivity index is 2.47. The molecule has 104 valence electrons. The minimum absolute atomic E-state index is 0.276. The summed E-state index contributed by atoms with van der Waals surface area (Å²) < 4.78 is 10.2. The third kappa shape index (κ3) is 4.00. The molecule has 0 aromatic heterocycles. The molecule has 4 heteroatoms. The SMILES string of the molecule is CC(C)CC(C)CC(=O)O[C@H]1C(=O)OCC1(C)C. The summed E-state index contributed by atoms with van der Waals surface area (Å²) in [5.74, 6) is 0.101. The smallest absolute Gasteiger partial charge is 0.348 e. The van der Waals surface area contributed by atoms with Crippen LogP contribution in [0.15, 0.2) is 0 Å². The van der Waals surface area contributed by atoms with Gasteiger partial charge in [0, 0.05) is 11.8 Å². The summed E-state index contributed by atoms with van der Waals surface area (Å²) in [6.45, 7) is 10.3. The zero-order valence-electron chi connectivity index (χ0n) is 12.0. The van der Waals surface area contributed by atoms with E-state index in [0.717, 1.165) is 6.42 Å². The molecule has 0 bridgehead atoms. The molecule has 0 aromatic rings. The van der Waals surface area contributed by atoms with E-state index in [1.54, 1.807) is 0 Å². The lowest BCUT2D eigenvalue weighted by Gasteiger charge is -2.22. The van der Waals surface area contributed by atoms with E-state index < -0.39 is 17.5 Å². The lowest BCUT2D eigenvalue weighted by atomic mass is 9.89. The minimum atomic E-state index is -0.753. The molecule has 18 heavy (non-hydrogen) atoms. The second-order valence-corrected chi connectivity index (χ2v) is 6.41. The third-order valence-corrected chi connectivity index (χ3v) is 3.15. The van der Waals surface area contributed by atoms with Gasteiger partial charge in [-0.05, 0) is 18.3 Å². The van der Waals surface area contributed by atoms with E-state index in [2.05, 4.69) is 13.8 Å². The van der Waals surface area contributed by atoms with E-state index in [4.69, 9.17) is 9.47 Å². The Morgan fingerprint density at radius 2 is 2.06 bits per heavy atom. The second kappa shape index (κ2) is 5.72. The normalized spacial score (nSPS) is 23.9. The van der Waals surface area contributed by atoms with Crippen LogP contribution in [0.1, 0.15) is 47.5 Å². The van der Waals surface area contributed by atoms with Gasteiger partial charge in [-0.1, -0.05) is 34.6 Å². The van der Waals surface area contributed by atoms with Gasteiger partial charge in [0.05, 0.1) is 0 Å². The average molecular weight is 256 g/mol. The highest BCUT2D eigenvalue weighted by molar-refractivity contribution is 5.81. The van der Waals surface area contributed by atoms with Crippen molar-refractivity contribution >= 4 is 11.9 Å². The van der Waals surface area contributed by atoms with Gasteiger partial charge in [0.1, 0.15) is 6.61 Å². The quantitative estimate of drug-likeness (QED) is 0.709. The van der Waals surface area contributed by atoms with Crippen LogP contribution in [0.25, 0.3) is 0 Å². The van der Waals surface area contributed by atoms with Gasteiger partial charge in [-0.3, -0.25) is 4.79 Å². The van der Waals surface area contributed by atoms with Gasteiger partial charge in [0.2, 0.25) is 6.10 Å². The number of esters is 2. The van der Waals surface area contributed by atoms with Crippen LogP contribution in [0.5, 0.6) is 0 Å². The highest BCUT2D eigenvalue weighted by Gasteiger charge is 2.46. The molecule has 0 radical (unpaired) electrons. The lowest BCUT2D eigenvalue weighted by Crippen LogP contribution is -2.35. The van der Waals surface area contributed by atoms with Crippen molar-refractivity contribution in [2.24, 2.45) is 17.3 Å². The predicted octanol–water partition coefficient (Wildman–Crippen LogP) is 2.55. The standard InChI is InChI=1S/C14H24O4/c1-9(2)6-10(3)7-11(15)18-12-13(16)17-8-14(12,4)5/h9-10,12H,6-8H2,1-5H3/t10?,12-/m0/s1. The molecule has 1 heterocycles. The Kier molecular flexibility index (Phi) is 4.77. The summed E-state index contributed by atoms with van der Waals surface area (Å²) in [6, 6.07) is 0. The van der Waals surface area contributed by atoms with E-state index in [1.165, 1.54) is 0 Å². The van der Waals surface area contributed by atoms with Crippen LogP contribution in [-0.2, 0) is 19.1 Å². The number of rotatable bonds is 5. The summed E-state index contributed by atoms with van der Waals surface area (Å²) in [4.78, 5) is 23.3. The molecule has 1 rings (SSSR count). The zero-order chi connectivity index (χ0) is 13.9. The van der Waals surface area contributed by atoms with E-state index in [1.807, 2.05) is 20.8 Å². The first kappa shape index (κ1) is 15.0. The maximum atomic E-state index is 11.8. The van der Waals surface area contributed by atoms with Gasteiger partial charge in [0.15, 0.2) is 0 Å². The summed E-state index contributed by atoms with van der Waals surface area (Å²) in [6.07, 6.45) is 0.585. The summed E-state index contributed by atoms with van der Waals surface area (Å²) >= 11 is 0. The first-order valence-corrected chi connectivity index (χ1v) is 6.58. The van der Waals surface area contributed by atoms with Gasteiger partial charge in [-0.25, -0.2) is 4.79 Å². The molecule has 0 aliphatic carbocycles. The van der Waals surface area contributed by atoms with Crippen LogP contribution in [0.4, 0.5) is 0 Å². The molecule has 1 aliphatic heterocycles. The topological polar surface area (TPSA) is 52.6 Å². The molecule has 1 aliphatic rings. The van der Waals surface area contributed by atoms with Crippen LogP contribution >= 0.6 is 0 Å². The van der Waals surface area contributed by atoms with Crippen molar-refractivity contribution in [3.63, 3.8) is 0 Å². The minimum Gasteiger partial charge on any atom is -0.462 e. The fourth-order valence-electron chi connectivity index (χ4n) is 2.29. The van der Waals surface area contributed by atoms with Crippen LogP contribution in [0.2, 0.25) is 0 Å².